The van der Waals surface area contributed by atoms with Gasteiger partial charge in [0.15, 0.2) is 0 Å². The van der Waals surface area contributed by atoms with Gasteiger partial charge in [0.1, 0.15) is 5.69 Å². The average molecular weight is 259 g/mol. The number of nitrogens with one attached hydrogen (secondary N) is 1. The Morgan fingerprint density at radius 2 is 2.11 bits per heavy atom. The molecule has 1 aromatic heterocycles. The van der Waals surface area contributed by atoms with Crippen molar-refractivity contribution in [2.45, 2.75) is 18.9 Å². The second-order valence-corrected chi connectivity index (χ2v) is 5.02. The predicted molar refractivity (Wildman–Crippen MR) is 73.9 cm³/mol. The van der Waals surface area contributed by atoms with Crippen LogP contribution in [-0.2, 0) is 0 Å². The van der Waals surface area contributed by atoms with Crippen molar-refractivity contribution in [1.29, 1.82) is 0 Å². The average Bonchev–Trinajstić information content (AvgIpc) is 2.84. The van der Waals surface area contributed by atoms with E-state index in [4.69, 9.17) is 5.73 Å². The summed E-state index contributed by atoms with van der Waals surface area (Å²) >= 11 is 0. The summed E-state index contributed by atoms with van der Waals surface area (Å²) < 4.78 is 0. The summed E-state index contributed by atoms with van der Waals surface area (Å²) in [5, 5.41) is 10.4. The molecule has 0 radical (unpaired) electrons. The van der Waals surface area contributed by atoms with Crippen LogP contribution in [0, 0.1) is 0 Å². The maximum Gasteiger partial charge on any atom is 0.270 e. The molecule has 1 aliphatic rings. The number of fused-ring (bicyclic) bond motifs is 1. The molecule has 5 heteroatoms. The van der Waals surface area contributed by atoms with Gasteiger partial charge < -0.3 is 20.7 Å². The number of para-hydroxylation sites is 1. The van der Waals surface area contributed by atoms with Gasteiger partial charge in [0.2, 0.25) is 0 Å². The number of aromatic amines is 1. The van der Waals surface area contributed by atoms with E-state index in [9.17, 15) is 9.90 Å². The minimum atomic E-state index is -0.276. The fourth-order valence-corrected chi connectivity index (χ4v) is 2.53. The van der Waals surface area contributed by atoms with Crippen LogP contribution >= 0.6 is 0 Å². The number of rotatable bonds is 1. The molecule has 3 rings (SSSR count). The van der Waals surface area contributed by atoms with Gasteiger partial charge in [0.05, 0.1) is 17.3 Å². The Balaban J connectivity index is 1.87. The minimum absolute atomic E-state index is 0.0255. The molecule has 100 valence electrons. The first-order valence-electron chi connectivity index (χ1n) is 6.49. The number of aliphatic hydroxyl groups is 1. The number of nitrogen functional groups attached to an aromatic ring is 1. The summed E-state index contributed by atoms with van der Waals surface area (Å²) in [4.78, 5) is 17.2. The fourth-order valence-electron chi connectivity index (χ4n) is 2.53. The van der Waals surface area contributed by atoms with Crippen molar-refractivity contribution in [2.24, 2.45) is 0 Å². The summed E-state index contributed by atoms with van der Waals surface area (Å²) in [6.45, 7) is 1.20. The Morgan fingerprint density at radius 1 is 1.37 bits per heavy atom. The highest BCUT2D eigenvalue weighted by molar-refractivity contribution is 6.00. The SMILES string of the molecule is Nc1cccc2cc(C(=O)N3CCC(O)CC3)[nH]c12. The summed E-state index contributed by atoms with van der Waals surface area (Å²) in [5.74, 6) is -0.0255. The smallest absolute Gasteiger partial charge is 0.270 e. The molecule has 0 spiro atoms. The van der Waals surface area contributed by atoms with Gasteiger partial charge in [-0.3, -0.25) is 4.79 Å². The summed E-state index contributed by atoms with van der Waals surface area (Å²) in [5.41, 5.74) is 7.89. The van der Waals surface area contributed by atoms with Gasteiger partial charge in [0.25, 0.3) is 5.91 Å². The van der Waals surface area contributed by atoms with Crippen molar-refractivity contribution < 1.29 is 9.90 Å². The lowest BCUT2D eigenvalue weighted by Gasteiger charge is -2.29. The third kappa shape index (κ3) is 2.17. The van der Waals surface area contributed by atoms with Crippen molar-refractivity contribution in [3.8, 4) is 0 Å². The number of carbonyl (C=O) groups excluding carboxylic acids is 1. The number of carbonyl (C=O) groups is 1. The van der Waals surface area contributed by atoms with E-state index in [1.807, 2.05) is 24.3 Å². The normalized spacial score (nSPS) is 17.0. The summed E-state index contributed by atoms with van der Waals surface area (Å²) in [6.07, 6.45) is 1.02. The number of nitrogens with zero attached hydrogens (tertiary/aromatic N) is 1. The van der Waals surface area contributed by atoms with Crippen molar-refractivity contribution in [1.82, 2.24) is 9.88 Å². The second kappa shape index (κ2) is 4.59. The van der Waals surface area contributed by atoms with Gasteiger partial charge in [-0.05, 0) is 25.0 Å². The van der Waals surface area contributed by atoms with E-state index in [0.29, 0.717) is 37.3 Å². The molecule has 0 unspecified atom stereocenters. The number of hydrogen-bond donors (Lipinski definition) is 3. The van der Waals surface area contributed by atoms with Crippen LogP contribution in [0.25, 0.3) is 10.9 Å². The molecule has 0 bridgehead atoms. The molecule has 1 amide bonds. The van der Waals surface area contributed by atoms with E-state index in [1.165, 1.54) is 0 Å². The highest BCUT2D eigenvalue weighted by Crippen LogP contribution is 2.22. The minimum Gasteiger partial charge on any atom is -0.397 e. The highest BCUT2D eigenvalue weighted by atomic mass is 16.3. The Kier molecular flexibility index (Phi) is 2.91. The molecular formula is C14H17N3O2. The fraction of sp³-hybridized carbons (Fsp3) is 0.357. The molecule has 5 nitrogen and oxygen atoms in total. The lowest BCUT2D eigenvalue weighted by atomic mass is 10.1. The molecule has 0 atom stereocenters. The zero-order valence-corrected chi connectivity index (χ0v) is 10.6. The first-order valence-corrected chi connectivity index (χ1v) is 6.49. The molecule has 0 saturated carbocycles. The Hall–Kier alpha value is -2.01. The number of likely N-dealkylation sites (tertiary alicyclic amines) is 1. The van der Waals surface area contributed by atoms with Crippen molar-refractivity contribution >= 4 is 22.5 Å². The third-order valence-electron chi connectivity index (χ3n) is 3.67. The van der Waals surface area contributed by atoms with Gasteiger partial charge in [-0.15, -0.1) is 0 Å². The van der Waals surface area contributed by atoms with Crippen LogP contribution in [0.3, 0.4) is 0 Å². The number of piperidine rings is 1. The zero-order valence-electron chi connectivity index (χ0n) is 10.6. The molecule has 2 heterocycles. The number of benzene rings is 1. The summed E-state index contributed by atoms with van der Waals surface area (Å²) in [6, 6.07) is 7.44. The van der Waals surface area contributed by atoms with Crippen LogP contribution in [0.15, 0.2) is 24.3 Å². The maximum absolute atomic E-state index is 12.4. The second-order valence-electron chi connectivity index (χ2n) is 5.02. The number of hydrogen-bond acceptors (Lipinski definition) is 3. The maximum atomic E-state index is 12.4. The van der Waals surface area contributed by atoms with Crippen molar-refractivity contribution in [3.63, 3.8) is 0 Å². The number of nitrogens with two attached hydrogens (primary N) is 1. The number of amides is 1. The quantitative estimate of drug-likeness (QED) is 0.676. The first kappa shape index (κ1) is 12.0. The molecule has 1 fully saturated rings. The van der Waals surface area contributed by atoms with Crippen molar-refractivity contribution in [2.75, 3.05) is 18.8 Å². The van der Waals surface area contributed by atoms with Crippen LogP contribution in [0.2, 0.25) is 0 Å². The van der Waals surface area contributed by atoms with Crippen LogP contribution in [-0.4, -0.2) is 40.1 Å². The van der Waals surface area contributed by atoms with E-state index < -0.39 is 0 Å². The molecule has 1 saturated heterocycles. The Morgan fingerprint density at radius 3 is 2.79 bits per heavy atom. The monoisotopic (exact) mass is 259 g/mol. The zero-order chi connectivity index (χ0) is 13.4. The Bertz CT molecular complexity index is 612. The first-order chi connectivity index (χ1) is 9.15. The van der Waals surface area contributed by atoms with Gasteiger partial charge in [-0.1, -0.05) is 12.1 Å². The number of aromatic nitrogens is 1. The van der Waals surface area contributed by atoms with Crippen molar-refractivity contribution in [3.05, 3.63) is 30.0 Å². The van der Waals surface area contributed by atoms with Crippen LogP contribution < -0.4 is 5.73 Å². The van der Waals surface area contributed by atoms with Crippen LogP contribution in [0.4, 0.5) is 5.69 Å². The molecule has 4 N–H and O–H groups in total. The number of H-pyrrole nitrogens is 1. The molecular weight excluding hydrogens is 242 g/mol. The largest absolute Gasteiger partial charge is 0.397 e. The molecule has 1 aromatic carbocycles. The van der Waals surface area contributed by atoms with Gasteiger partial charge in [-0.25, -0.2) is 0 Å². The van der Waals surface area contributed by atoms with Gasteiger partial charge >= 0.3 is 0 Å². The van der Waals surface area contributed by atoms with E-state index >= 15 is 0 Å². The van der Waals surface area contributed by atoms with E-state index in [2.05, 4.69) is 4.98 Å². The van der Waals surface area contributed by atoms with Crippen LogP contribution in [0.1, 0.15) is 23.3 Å². The van der Waals surface area contributed by atoms with Gasteiger partial charge in [-0.2, -0.15) is 0 Å². The number of anilines is 1. The van der Waals surface area contributed by atoms with E-state index in [0.717, 1.165) is 10.9 Å². The molecule has 2 aromatic rings. The topological polar surface area (TPSA) is 82.3 Å². The lowest BCUT2D eigenvalue weighted by Crippen LogP contribution is -2.40. The van der Waals surface area contributed by atoms with Crippen LogP contribution in [0.5, 0.6) is 0 Å². The predicted octanol–water partition coefficient (Wildman–Crippen LogP) is 1.35. The molecule has 1 aliphatic heterocycles. The summed E-state index contributed by atoms with van der Waals surface area (Å²) in [7, 11) is 0. The third-order valence-corrected chi connectivity index (χ3v) is 3.67. The van der Waals surface area contributed by atoms with E-state index in [-0.39, 0.29) is 12.0 Å². The highest BCUT2D eigenvalue weighted by Gasteiger charge is 2.23. The molecule has 0 aliphatic carbocycles. The lowest BCUT2D eigenvalue weighted by molar-refractivity contribution is 0.0542. The van der Waals surface area contributed by atoms with Gasteiger partial charge in [0, 0.05) is 18.5 Å². The number of aliphatic hydroxyl groups excluding tert-OH is 1. The van der Waals surface area contributed by atoms with E-state index in [1.54, 1.807) is 4.90 Å². The molecule has 19 heavy (non-hydrogen) atoms. The Labute approximate surface area is 111 Å². The standard InChI is InChI=1S/C14H17N3O2/c15-11-3-1-2-9-8-12(16-13(9)11)14(19)17-6-4-10(18)5-7-17/h1-3,8,10,16,18H,4-7,15H2.